The van der Waals surface area contributed by atoms with Gasteiger partial charge in [-0.25, -0.2) is 0 Å². The van der Waals surface area contributed by atoms with Gasteiger partial charge in [0.2, 0.25) is 0 Å². The van der Waals surface area contributed by atoms with Gasteiger partial charge < -0.3 is 0 Å². The fourth-order valence-electron chi connectivity index (χ4n) is 4.94. The van der Waals surface area contributed by atoms with E-state index in [1.54, 1.807) is 5.56 Å². The minimum absolute atomic E-state index is 0.789. The molecule has 28 heavy (non-hydrogen) atoms. The second kappa shape index (κ2) is 11.4. The highest BCUT2D eigenvalue weighted by molar-refractivity contribution is 5.64. The number of rotatable bonds is 10. The molecule has 1 aliphatic rings. The SMILES string of the molecule is CCCCCCCc1ccc(-c2ccc(C3CCC(CCC)CC3)cc2)cc1. The minimum Gasteiger partial charge on any atom is -0.0654 e. The van der Waals surface area contributed by atoms with Crippen LogP contribution in [0.15, 0.2) is 48.5 Å². The molecule has 152 valence electrons. The van der Waals surface area contributed by atoms with Crippen LogP contribution in [0.25, 0.3) is 11.1 Å². The van der Waals surface area contributed by atoms with Crippen LogP contribution in [0, 0.1) is 5.92 Å². The lowest BCUT2D eigenvalue weighted by atomic mass is 9.77. The molecule has 0 heterocycles. The van der Waals surface area contributed by atoms with Gasteiger partial charge in [-0.15, -0.1) is 0 Å². The van der Waals surface area contributed by atoms with Gasteiger partial charge in [0.25, 0.3) is 0 Å². The molecule has 2 aromatic carbocycles. The highest BCUT2D eigenvalue weighted by Crippen LogP contribution is 2.38. The summed E-state index contributed by atoms with van der Waals surface area (Å²) in [6.07, 6.45) is 16.4. The molecule has 0 heteroatoms. The first-order chi connectivity index (χ1) is 13.8. The quantitative estimate of drug-likeness (QED) is 0.363. The molecule has 0 radical (unpaired) electrons. The van der Waals surface area contributed by atoms with E-state index in [2.05, 4.69) is 62.4 Å². The van der Waals surface area contributed by atoms with Crippen LogP contribution in [0.1, 0.15) is 102 Å². The Hall–Kier alpha value is -1.56. The first kappa shape index (κ1) is 21.2. The Morgan fingerprint density at radius 2 is 1.25 bits per heavy atom. The molecule has 2 aromatic rings. The number of aryl methyl sites for hydroxylation is 1. The van der Waals surface area contributed by atoms with Crippen molar-refractivity contribution < 1.29 is 0 Å². The molecule has 1 saturated carbocycles. The molecule has 0 aliphatic heterocycles. The van der Waals surface area contributed by atoms with Crippen LogP contribution in [0.3, 0.4) is 0 Å². The third-order valence-corrected chi connectivity index (χ3v) is 6.78. The predicted molar refractivity (Wildman–Crippen MR) is 124 cm³/mol. The van der Waals surface area contributed by atoms with Crippen molar-refractivity contribution >= 4 is 0 Å². The molecule has 3 rings (SSSR count). The first-order valence-electron chi connectivity index (χ1n) is 12.0. The highest BCUT2D eigenvalue weighted by atomic mass is 14.3. The second-order valence-electron chi connectivity index (χ2n) is 8.99. The molecule has 0 aromatic heterocycles. The van der Waals surface area contributed by atoms with Gasteiger partial charge in [-0.2, -0.15) is 0 Å². The lowest BCUT2D eigenvalue weighted by molar-refractivity contribution is 0.308. The van der Waals surface area contributed by atoms with Crippen molar-refractivity contribution in [3.8, 4) is 11.1 Å². The molecule has 0 spiro atoms. The van der Waals surface area contributed by atoms with E-state index in [1.807, 2.05) is 0 Å². The average molecular weight is 377 g/mol. The summed E-state index contributed by atoms with van der Waals surface area (Å²) in [7, 11) is 0. The van der Waals surface area contributed by atoms with Crippen LogP contribution in [-0.2, 0) is 6.42 Å². The zero-order chi connectivity index (χ0) is 19.6. The molecular formula is C28H40. The minimum atomic E-state index is 0.789. The van der Waals surface area contributed by atoms with E-state index >= 15 is 0 Å². The van der Waals surface area contributed by atoms with Crippen LogP contribution in [-0.4, -0.2) is 0 Å². The van der Waals surface area contributed by atoms with Gasteiger partial charge >= 0.3 is 0 Å². The van der Waals surface area contributed by atoms with Gasteiger partial charge in [-0.3, -0.25) is 0 Å². The smallest absolute Gasteiger partial charge is 0.0162 e. The van der Waals surface area contributed by atoms with E-state index in [9.17, 15) is 0 Å². The maximum Gasteiger partial charge on any atom is -0.0162 e. The molecule has 0 saturated heterocycles. The number of hydrogen-bond acceptors (Lipinski definition) is 0. The standard InChI is InChI=1S/C28H40/c1-3-5-6-7-8-10-24-13-17-26(18-14-24)28-21-19-27(20-22-28)25-15-11-23(9-4-2)12-16-25/h13-14,17-23,25H,3-12,15-16H2,1-2H3. The summed E-state index contributed by atoms with van der Waals surface area (Å²) < 4.78 is 0. The van der Waals surface area contributed by atoms with E-state index in [-0.39, 0.29) is 0 Å². The molecule has 1 fully saturated rings. The average Bonchev–Trinajstić information content (AvgIpc) is 2.75. The largest absolute Gasteiger partial charge is 0.0654 e. The highest BCUT2D eigenvalue weighted by Gasteiger charge is 2.21. The molecule has 0 nitrogen and oxygen atoms in total. The summed E-state index contributed by atoms with van der Waals surface area (Å²) in [5.41, 5.74) is 5.76. The van der Waals surface area contributed by atoms with E-state index in [0.717, 1.165) is 11.8 Å². The number of benzene rings is 2. The van der Waals surface area contributed by atoms with Gasteiger partial charge in [0.1, 0.15) is 0 Å². The maximum atomic E-state index is 2.39. The van der Waals surface area contributed by atoms with Crippen LogP contribution >= 0.6 is 0 Å². The van der Waals surface area contributed by atoms with Gasteiger partial charge in [-0.05, 0) is 72.6 Å². The van der Waals surface area contributed by atoms with Crippen LogP contribution in [0.4, 0.5) is 0 Å². The lowest BCUT2D eigenvalue weighted by Crippen LogP contribution is -2.13. The number of unbranched alkanes of at least 4 members (excludes halogenated alkanes) is 4. The summed E-state index contributed by atoms with van der Waals surface area (Å²) in [5, 5.41) is 0. The zero-order valence-corrected chi connectivity index (χ0v) is 18.3. The van der Waals surface area contributed by atoms with Gasteiger partial charge in [0.05, 0.1) is 0 Å². The summed E-state index contributed by atoms with van der Waals surface area (Å²) in [6, 6.07) is 18.7. The summed E-state index contributed by atoms with van der Waals surface area (Å²) in [6.45, 7) is 4.61. The number of hydrogen-bond donors (Lipinski definition) is 0. The molecule has 0 amide bonds. The van der Waals surface area contributed by atoms with Gasteiger partial charge in [-0.1, -0.05) is 101 Å². The van der Waals surface area contributed by atoms with E-state index < -0.39 is 0 Å². The Kier molecular flexibility index (Phi) is 8.65. The van der Waals surface area contributed by atoms with Crippen molar-refractivity contribution in [3.05, 3.63) is 59.7 Å². The van der Waals surface area contributed by atoms with Crippen molar-refractivity contribution in [2.75, 3.05) is 0 Å². The van der Waals surface area contributed by atoms with Crippen LogP contribution in [0.2, 0.25) is 0 Å². The normalized spacial score (nSPS) is 19.6. The molecule has 0 N–H and O–H groups in total. The molecule has 0 atom stereocenters. The van der Waals surface area contributed by atoms with Crippen molar-refractivity contribution in [2.45, 2.75) is 96.8 Å². The van der Waals surface area contributed by atoms with Gasteiger partial charge in [0, 0.05) is 0 Å². The van der Waals surface area contributed by atoms with Crippen molar-refractivity contribution in [1.29, 1.82) is 0 Å². The van der Waals surface area contributed by atoms with Crippen LogP contribution < -0.4 is 0 Å². The lowest BCUT2D eigenvalue weighted by Gasteiger charge is -2.28. The van der Waals surface area contributed by atoms with Crippen molar-refractivity contribution in [2.24, 2.45) is 5.92 Å². The zero-order valence-electron chi connectivity index (χ0n) is 18.3. The monoisotopic (exact) mass is 376 g/mol. The Morgan fingerprint density at radius 1 is 0.643 bits per heavy atom. The second-order valence-corrected chi connectivity index (χ2v) is 8.99. The van der Waals surface area contributed by atoms with Crippen molar-refractivity contribution in [3.63, 3.8) is 0 Å². The molecular weight excluding hydrogens is 336 g/mol. The third-order valence-electron chi connectivity index (χ3n) is 6.78. The van der Waals surface area contributed by atoms with E-state index in [4.69, 9.17) is 0 Å². The maximum absolute atomic E-state index is 2.39. The summed E-state index contributed by atoms with van der Waals surface area (Å²) in [5.74, 6) is 1.78. The summed E-state index contributed by atoms with van der Waals surface area (Å²) in [4.78, 5) is 0. The Labute approximate surface area is 173 Å². The third kappa shape index (κ3) is 6.23. The van der Waals surface area contributed by atoms with Crippen molar-refractivity contribution in [1.82, 2.24) is 0 Å². The van der Waals surface area contributed by atoms with E-state index in [1.165, 1.54) is 93.7 Å². The Morgan fingerprint density at radius 3 is 1.86 bits per heavy atom. The molecule has 1 aliphatic carbocycles. The predicted octanol–water partition coefficient (Wildman–Crippen LogP) is 8.94. The fourth-order valence-corrected chi connectivity index (χ4v) is 4.94. The van der Waals surface area contributed by atoms with Crippen LogP contribution in [0.5, 0.6) is 0 Å². The molecule has 0 bridgehead atoms. The molecule has 0 unspecified atom stereocenters. The van der Waals surface area contributed by atoms with Gasteiger partial charge in [0.15, 0.2) is 0 Å². The topological polar surface area (TPSA) is 0 Å². The van der Waals surface area contributed by atoms with E-state index in [0.29, 0.717) is 0 Å². The Bertz CT molecular complexity index is 656. The Balaban J connectivity index is 1.51. The summed E-state index contributed by atoms with van der Waals surface area (Å²) >= 11 is 0. The first-order valence-corrected chi connectivity index (χ1v) is 12.0. The fraction of sp³-hybridized carbons (Fsp3) is 0.571.